The van der Waals surface area contributed by atoms with E-state index >= 15 is 0 Å². The second-order valence-corrected chi connectivity index (χ2v) is 37.0. The minimum atomic E-state index is 0.00829. The van der Waals surface area contributed by atoms with E-state index in [1.54, 1.807) is 0 Å². The molecular weight excluding hydrogens is 1780 g/mol. The van der Waals surface area contributed by atoms with E-state index in [1.165, 1.54) is 80.6 Å². The van der Waals surface area contributed by atoms with Crippen molar-refractivity contribution < 1.29 is 17.7 Å². The van der Waals surface area contributed by atoms with E-state index in [2.05, 4.69) is 330 Å². The van der Waals surface area contributed by atoms with Crippen LogP contribution in [0, 0.1) is 6.92 Å². The molecule has 0 unspecified atom stereocenters. The van der Waals surface area contributed by atoms with E-state index in [-0.39, 0.29) is 5.41 Å². The Morgan fingerprint density at radius 2 is 0.542 bits per heavy atom. The molecule has 1 aliphatic rings. The molecule has 19 nitrogen and oxygen atoms in total. The maximum atomic E-state index is 6.27. The van der Waals surface area contributed by atoms with Gasteiger partial charge in [-0.05, 0) is 161 Å². The number of benzene rings is 17. The molecule has 30 aromatic rings. The van der Waals surface area contributed by atoms with E-state index in [0.29, 0.717) is 29.4 Å². The molecule has 0 amide bonds. The second-order valence-electron chi connectivity index (χ2n) is 37.0. The molecule has 0 saturated carbocycles. The molecule has 0 N–H and O–H groups in total. The van der Waals surface area contributed by atoms with Gasteiger partial charge in [0.1, 0.15) is 81.6 Å². The van der Waals surface area contributed by atoms with Crippen molar-refractivity contribution >= 4 is 175 Å². The lowest BCUT2D eigenvalue weighted by Crippen LogP contribution is -2.14. The van der Waals surface area contributed by atoms with Gasteiger partial charge >= 0.3 is 0 Å². The Morgan fingerprint density at radius 3 is 1.00 bits per heavy atom. The van der Waals surface area contributed by atoms with Gasteiger partial charge in [0.25, 0.3) is 0 Å². The molecule has 0 radical (unpaired) electrons. The summed E-state index contributed by atoms with van der Waals surface area (Å²) in [5.74, 6) is 4.70. The first kappa shape index (κ1) is 82.7. The van der Waals surface area contributed by atoms with E-state index < -0.39 is 0 Å². The highest BCUT2D eigenvalue weighted by molar-refractivity contribution is 6.22. The van der Waals surface area contributed by atoms with Crippen molar-refractivity contribution in [3.63, 3.8) is 0 Å². The third-order valence-electron chi connectivity index (χ3n) is 28.3. The number of hydrogen-bond acceptors (Lipinski definition) is 15. The molecule has 0 bridgehead atoms. The minimum Gasteiger partial charge on any atom is -0.456 e. The first-order valence-electron chi connectivity index (χ1n) is 47.8. The third-order valence-corrected chi connectivity index (χ3v) is 28.3. The van der Waals surface area contributed by atoms with Gasteiger partial charge in [-0.25, -0.2) is 54.8 Å². The summed E-state index contributed by atoms with van der Waals surface area (Å²) in [5.41, 5.74) is 29.5. The maximum absolute atomic E-state index is 6.27. The van der Waals surface area contributed by atoms with Gasteiger partial charge < -0.3 is 17.7 Å². The van der Waals surface area contributed by atoms with Crippen molar-refractivity contribution in [2.45, 2.75) is 26.2 Å². The van der Waals surface area contributed by atoms with Crippen molar-refractivity contribution in [1.82, 2.24) is 73.1 Å². The van der Waals surface area contributed by atoms with Crippen molar-refractivity contribution in [3.05, 3.63) is 443 Å². The van der Waals surface area contributed by atoms with Crippen molar-refractivity contribution in [2.75, 3.05) is 0 Å². The van der Waals surface area contributed by atoms with Gasteiger partial charge in [-0.2, -0.15) is 0 Å². The normalized spacial score (nSPS) is 12.3. The van der Waals surface area contributed by atoms with Crippen LogP contribution in [0.15, 0.2) is 444 Å². The summed E-state index contributed by atoms with van der Waals surface area (Å²) in [6, 6.07) is 135. The second kappa shape index (κ2) is 33.1. The summed E-state index contributed by atoms with van der Waals surface area (Å²) in [5, 5.41) is 18.3. The summed E-state index contributed by atoms with van der Waals surface area (Å²) in [6.45, 7) is 6.74. The van der Waals surface area contributed by atoms with Gasteiger partial charge in [0.15, 0.2) is 17.5 Å². The van der Waals surface area contributed by atoms with Gasteiger partial charge in [-0.15, -0.1) is 0 Å². The molecule has 144 heavy (non-hydrogen) atoms. The van der Waals surface area contributed by atoms with Crippen LogP contribution in [0.3, 0.4) is 0 Å². The predicted molar refractivity (Wildman–Crippen MR) is 577 cm³/mol. The van der Waals surface area contributed by atoms with Crippen LogP contribution in [0.25, 0.3) is 266 Å². The Kier molecular flexibility index (Phi) is 19.0. The van der Waals surface area contributed by atoms with Crippen molar-refractivity contribution in [3.8, 4) is 91.1 Å². The van der Waals surface area contributed by atoms with Crippen molar-refractivity contribution in [2.24, 2.45) is 0 Å². The summed E-state index contributed by atoms with van der Waals surface area (Å²) < 4.78 is 33.5. The first-order valence-corrected chi connectivity index (χ1v) is 47.8. The molecule has 13 aromatic heterocycles. The number of pyridine rings is 2. The van der Waals surface area contributed by atoms with Gasteiger partial charge in [0, 0.05) is 151 Å². The number of fused-ring (bicyclic) bond motifs is 27. The molecule has 678 valence electrons. The fraction of sp³-hybridized carbons (Fsp3) is 0.0320. The van der Waals surface area contributed by atoms with Crippen LogP contribution in [0.4, 0.5) is 0 Å². The minimum absolute atomic E-state index is 0.00829. The Balaban J connectivity index is 0.0000000948. The molecule has 1 aliphatic carbocycles. The van der Waals surface area contributed by atoms with Crippen molar-refractivity contribution in [1.29, 1.82) is 0 Å². The quantitative estimate of drug-likeness (QED) is 0.131. The zero-order chi connectivity index (χ0) is 95.4. The number of furan rings is 4. The van der Waals surface area contributed by atoms with Gasteiger partial charge in [0.2, 0.25) is 11.9 Å². The lowest BCUT2D eigenvalue weighted by molar-refractivity contribution is 0.660. The van der Waals surface area contributed by atoms with Gasteiger partial charge in [-0.3, -0.25) is 18.3 Å². The monoisotopic (exact) mass is 1850 g/mol. The Hall–Kier alpha value is -19.5. The zero-order valence-corrected chi connectivity index (χ0v) is 77.8. The molecule has 0 spiro atoms. The Morgan fingerprint density at radius 1 is 0.208 bits per heavy atom. The number of nitrogens with zero attached hydrogens (tertiary/aromatic N) is 15. The standard InChI is InChI=1S/C38H23N5O.C38H26N2O.C27H16N4O.C22H14N4O/c1-3-11-24(12-4-1)36-40-37(25-13-5-2-6-14-25)42-38(41-36)26-19-20-35(39-23-26)43-31-17-9-7-15-27(31)29-21-30-28-16-8-10-18-33(28)44-34(30)22-32(29)43;1-38(2)31-12-6-3-9-25(31)28-19-23(15-17-32(28)38)24-16-18-37(39-22-24)40-33-13-7-4-10-26(33)29-20-30-27-11-5-8-14-35(27)41-36(30)21-34(29)40;1-2-6-17(7-3-1)18-10-11-25-21(12-18)22-13-20-19-8-4-5-9-23(19)31(24(20)14-26(22)32-25)27-29-15-28-16-30-27;1-13-6-7-20-16(8-13)17-9-15-14-4-2-3-5-18(14)26(19(15)10-21(17)27-20)22-24-11-23-12-25-22/h1-23H;3-22H,1-2H3;1-16H;2-12H,1H3. The highest BCUT2D eigenvalue weighted by atomic mass is 16.3. The molecule has 13 heterocycles. The van der Waals surface area contributed by atoms with Crippen LogP contribution in [0.1, 0.15) is 30.5 Å². The fourth-order valence-corrected chi connectivity index (χ4v) is 21.6. The molecule has 0 aliphatic heterocycles. The highest BCUT2D eigenvalue weighted by Gasteiger charge is 2.36. The van der Waals surface area contributed by atoms with Crippen LogP contribution in [-0.2, 0) is 5.41 Å². The summed E-state index contributed by atoms with van der Waals surface area (Å²) >= 11 is 0. The topological polar surface area (TPSA) is 214 Å². The van der Waals surface area contributed by atoms with E-state index in [1.807, 2.05) is 140 Å². The van der Waals surface area contributed by atoms with Crippen LogP contribution >= 0.6 is 0 Å². The molecule has 31 rings (SSSR count). The maximum Gasteiger partial charge on any atom is 0.237 e. The number of rotatable bonds is 9. The molecular formula is C125H79N15O4. The summed E-state index contributed by atoms with van der Waals surface area (Å²) in [7, 11) is 0. The zero-order valence-electron chi connectivity index (χ0n) is 77.8. The number of para-hydroxylation sites is 6. The molecule has 0 saturated heterocycles. The average Bonchev–Trinajstić information content (AvgIpc) is 1.59. The molecule has 0 atom stereocenters. The van der Waals surface area contributed by atoms with Gasteiger partial charge in [-0.1, -0.05) is 268 Å². The SMILES string of the molecule is CC1(C)c2ccccc2-c2cc(-c3ccc(-n4c5ccccc5c5cc6c(cc54)oc4ccccc46)nc3)ccc21.Cc1ccc2oc3cc4c(cc3c2c1)c1ccccc1n4-c1ncncn1.c1ccc(-c2ccc3oc4cc5c(cc4c3c2)c2ccccc2n5-c2ncncn2)cc1.c1ccc(-c2nc(-c3ccccc3)nc(-c3ccc(-n4c5ccccc5c5cc6c(cc54)oc4ccccc46)nc3)n2)cc1. The number of aromatic nitrogens is 15. The van der Waals surface area contributed by atoms with Crippen LogP contribution in [-0.4, -0.2) is 73.1 Å². The third kappa shape index (κ3) is 13.6. The first-order chi connectivity index (χ1) is 71.0. The lowest BCUT2D eigenvalue weighted by Gasteiger charge is -2.21. The summed E-state index contributed by atoms with van der Waals surface area (Å²) in [6.07, 6.45) is 9.93. The summed E-state index contributed by atoms with van der Waals surface area (Å²) in [4.78, 5) is 50.0. The fourth-order valence-electron chi connectivity index (χ4n) is 21.6. The van der Waals surface area contributed by atoms with Crippen LogP contribution in [0.5, 0.6) is 0 Å². The molecule has 19 heteroatoms. The Bertz CT molecular complexity index is 10300. The Labute approximate surface area is 820 Å². The van der Waals surface area contributed by atoms with Crippen LogP contribution < -0.4 is 0 Å². The van der Waals surface area contributed by atoms with Gasteiger partial charge in [0.05, 0.1) is 44.1 Å². The number of aryl methyl sites for hydroxylation is 1. The van der Waals surface area contributed by atoms with E-state index in [4.69, 9.17) is 42.6 Å². The molecule has 17 aromatic carbocycles. The largest absolute Gasteiger partial charge is 0.456 e. The van der Waals surface area contributed by atoms with E-state index in [0.717, 1.165) is 198 Å². The average molecular weight is 1860 g/mol. The van der Waals surface area contributed by atoms with E-state index in [9.17, 15) is 0 Å². The number of hydrogen-bond donors (Lipinski definition) is 0. The molecule has 0 fully saturated rings. The predicted octanol–water partition coefficient (Wildman–Crippen LogP) is 31.0. The highest BCUT2D eigenvalue weighted by Crippen LogP contribution is 2.51. The van der Waals surface area contributed by atoms with Crippen LogP contribution in [0.2, 0.25) is 0 Å². The lowest BCUT2D eigenvalue weighted by atomic mass is 9.82. The smallest absolute Gasteiger partial charge is 0.237 e.